The van der Waals surface area contributed by atoms with E-state index in [1.165, 1.54) is 6.07 Å². The van der Waals surface area contributed by atoms with Gasteiger partial charge in [0.05, 0.1) is 12.1 Å². The summed E-state index contributed by atoms with van der Waals surface area (Å²) in [4.78, 5) is 16.9. The van der Waals surface area contributed by atoms with Crippen molar-refractivity contribution in [2.45, 2.75) is 56.8 Å². The molecule has 1 saturated carbocycles. The average Bonchev–Trinajstić information content (AvgIpc) is 3.43. The second-order valence-corrected chi connectivity index (χ2v) is 7.86. The van der Waals surface area contributed by atoms with E-state index in [1.54, 1.807) is 12.1 Å². The molecule has 1 aromatic carbocycles. The van der Waals surface area contributed by atoms with E-state index >= 15 is 0 Å². The number of amides is 1. The third-order valence-corrected chi connectivity index (χ3v) is 5.88. The molecule has 0 aromatic heterocycles. The molecule has 1 atom stereocenters. The Hall–Kier alpha value is -1.46. The Morgan fingerprint density at radius 2 is 2.04 bits per heavy atom. The first-order valence-electron chi connectivity index (χ1n) is 9.50. The number of hydrogen-bond acceptors (Lipinski definition) is 3. The summed E-state index contributed by atoms with van der Waals surface area (Å²) in [6, 6.07) is 7.33. The van der Waals surface area contributed by atoms with E-state index in [1.807, 2.05) is 13.0 Å². The molecule has 2 heterocycles. The van der Waals surface area contributed by atoms with Gasteiger partial charge in [0.2, 0.25) is 0 Å². The lowest BCUT2D eigenvalue weighted by atomic mass is 9.88. The van der Waals surface area contributed by atoms with Crippen LogP contribution in [-0.4, -0.2) is 59.6 Å². The number of morpholine rings is 1. The van der Waals surface area contributed by atoms with Gasteiger partial charge in [0.1, 0.15) is 11.9 Å². The first kappa shape index (κ1) is 17.0. The zero-order valence-corrected chi connectivity index (χ0v) is 14.9. The minimum absolute atomic E-state index is 0.161. The van der Waals surface area contributed by atoms with Gasteiger partial charge in [0.15, 0.2) is 0 Å². The van der Waals surface area contributed by atoms with Crippen LogP contribution >= 0.6 is 0 Å². The summed E-state index contributed by atoms with van der Waals surface area (Å²) in [6.07, 6.45) is 4.79. The van der Waals surface area contributed by atoms with Gasteiger partial charge in [-0.25, -0.2) is 4.39 Å². The van der Waals surface area contributed by atoms with Crippen molar-refractivity contribution in [2.75, 3.05) is 26.2 Å². The second kappa shape index (κ2) is 6.69. The van der Waals surface area contributed by atoms with Gasteiger partial charge in [-0.1, -0.05) is 12.1 Å². The van der Waals surface area contributed by atoms with Crippen LogP contribution in [0.25, 0.3) is 0 Å². The van der Waals surface area contributed by atoms with Crippen molar-refractivity contribution in [1.82, 2.24) is 9.80 Å². The maximum atomic E-state index is 13.3. The van der Waals surface area contributed by atoms with Crippen LogP contribution in [0.1, 0.15) is 38.2 Å². The predicted octanol–water partition coefficient (Wildman–Crippen LogP) is 2.61. The summed E-state index contributed by atoms with van der Waals surface area (Å²) in [5, 5.41) is 0. The number of piperidine rings is 1. The molecule has 1 amide bonds. The molecule has 1 aromatic rings. The van der Waals surface area contributed by atoms with Crippen LogP contribution in [-0.2, 0) is 16.0 Å². The molecule has 1 unspecified atom stereocenters. The Morgan fingerprint density at radius 1 is 1.28 bits per heavy atom. The fourth-order valence-electron chi connectivity index (χ4n) is 4.22. The molecule has 1 spiro atoms. The lowest BCUT2D eigenvalue weighted by Crippen LogP contribution is -2.61. The van der Waals surface area contributed by atoms with Crippen LogP contribution in [0, 0.1) is 5.82 Å². The zero-order valence-electron chi connectivity index (χ0n) is 14.9. The van der Waals surface area contributed by atoms with Crippen molar-refractivity contribution < 1.29 is 13.9 Å². The third kappa shape index (κ3) is 3.72. The molecule has 2 saturated heterocycles. The number of carbonyl (C=O) groups excluding carboxylic acids is 1. The van der Waals surface area contributed by atoms with Gasteiger partial charge < -0.3 is 14.5 Å². The summed E-state index contributed by atoms with van der Waals surface area (Å²) in [5.41, 5.74) is 0.888. The van der Waals surface area contributed by atoms with Gasteiger partial charge in [-0.3, -0.25) is 4.79 Å². The lowest BCUT2D eigenvalue weighted by molar-refractivity contribution is -0.190. The van der Waals surface area contributed by atoms with E-state index in [0.29, 0.717) is 6.04 Å². The summed E-state index contributed by atoms with van der Waals surface area (Å²) in [5.74, 6) is 0.00573. The molecule has 136 valence electrons. The molecule has 2 aliphatic heterocycles. The largest absolute Gasteiger partial charge is 0.360 e. The highest BCUT2D eigenvalue weighted by Gasteiger charge is 2.48. The van der Waals surface area contributed by atoms with E-state index in [2.05, 4.69) is 9.80 Å². The van der Waals surface area contributed by atoms with E-state index in [-0.39, 0.29) is 23.4 Å². The second-order valence-electron chi connectivity index (χ2n) is 7.86. The summed E-state index contributed by atoms with van der Waals surface area (Å²) in [6.45, 7) is 5.57. The molecular formula is C20H27FN2O2. The minimum atomic E-state index is -0.312. The highest BCUT2D eigenvalue weighted by molar-refractivity contribution is 5.82. The van der Waals surface area contributed by atoms with Crippen LogP contribution in [0.15, 0.2) is 24.3 Å². The van der Waals surface area contributed by atoms with E-state index in [9.17, 15) is 9.18 Å². The van der Waals surface area contributed by atoms with Crippen molar-refractivity contribution in [3.8, 4) is 0 Å². The molecular weight excluding hydrogens is 319 g/mol. The Bertz CT molecular complexity index is 638. The molecule has 1 aliphatic carbocycles. The van der Waals surface area contributed by atoms with Crippen LogP contribution in [0.2, 0.25) is 0 Å². The highest BCUT2D eigenvalue weighted by atomic mass is 19.1. The maximum absolute atomic E-state index is 13.3. The zero-order chi connectivity index (χ0) is 17.4. The van der Waals surface area contributed by atoms with Crippen molar-refractivity contribution in [1.29, 1.82) is 0 Å². The van der Waals surface area contributed by atoms with Gasteiger partial charge >= 0.3 is 0 Å². The van der Waals surface area contributed by atoms with Crippen LogP contribution in [0.3, 0.4) is 0 Å². The fourth-order valence-corrected chi connectivity index (χ4v) is 4.22. The molecule has 25 heavy (non-hydrogen) atoms. The van der Waals surface area contributed by atoms with Crippen LogP contribution < -0.4 is 0 Å². The molecule has 0 radical (unpaired) electrons. The highest BCUT2D eigenvalue weighted by Crippen LogP contribution is 2.38. The van der Waals surface area contributed by atoms with E-state index in [0.717, 1.165) is 63.8 Å². The van der Waals surface area contributed by atoms with Gasteiger partial charge in [0.25, 0.3) is 5.91 Å². The minimum Gasteiger partial charge on any atom is -0.360 e. The van der Waals surface area contributed by atoms with Crippen LogP contribution in [0.5, 0.6) is 0 Å². The Morgan fingerprint density at radius 3 is 2.72 bits per heavy atom. The first-order valence-corrected chi connectivity index (χ1v) is 9.50. The predicted molar refractivity (Wildman–Crippen MR) is 93.8 cm³/mol. The summed E-state index contributed by atoms with van der Waals surface area (Å²) < 4.78 is 19.5. The molecule has 3 fully saturated rings. The number of carbonyl (C=O) groups is 1. The number of rotatable bonds is 4. The van der Waals surface area contributed by atoms with Crippen LogP contribution in [0.4, 0.5) is 4.39 Å². The molecule has 4 rings (SSSR count). The Balaban J connectivity index is 1.32. The molecule has 5 heteroatoms. The number of ether oxygens (including phenoxy) is 1. The van der Waals surface area contributed by atoms with Gasteiger partial charge in [-0.15, -0.1) is 0 Å². The average molecular weight is 346 g/mol. The van der Waals surface area contributed by atoms with Crippen molar-refractivity contribution in [3.63, 3.8) is 0 Å². The van der Waals surface area contributed by atoms with Crippen molar-refractivity contribution >= 4 is 5.91 Å². The van der Waals surface area contributed by atoms with E-state index < -0.39 is 0 Å². The maximum Gasteiger partial charge on any atom is 0.251 e. The SMILES string of the molecule is CC1OC2(CCN(CCc3cccc(F)c3)CC2)CN(C2CC2)C1=O. The molecule has 3 aliphatic rings. The fraction of sp³-hybridized carbons (Fsp3) is 0.650. The van der Waals surface area contributed by atoms with Crippen molar-refractivity contribution in [2.24, 2.45) is 0 Å². The van der Waals surface area contributed by atoms with Gasteiger partial charge in [-0.05, 0) is 56.7 Å². The topological polar surface area (TPSA) is 32.8 Å². The summed E-state index contributed by atoms with van der Waals surface area (Å²) in [7, 11) is 0. The quantitative estimate of drug-likeness (QED) is 0.840. The first-order chi connectivity index (χ1) is 12.0. The third-order valence-electron chi connectivity index (χ3n) is 5.88. The normalized spacial score (nSPS) is 27.0. The number of benzene rings is 1. The monoisotopic (exact) mass is 346 g/mol. The molecule has 0 N–H and O–H groups in total. The Kier molecular flexibility index (Phi) is 4.54. The number of halogens is 1. The summed E-state index contributed by atoms with van der Waals surface area (Å²) >= 11 is 0. The lowest BCUT2D eigenvalue weighted by Gasteiger charge is -2.49. The van der Waals surface area contributed by atoms with Gasteiger partial charge in [0, 0.05) is 25.7 Å². The number of likely N-dealkylation sites (tertiary alicyclic amines) is 1. The smallest absolute Gasteiger partial charge is 0.251 e. The van der Waals surface area contributed by atoms with Crippen molar-refractivity contribution in [3.05, 3.63) is 35.6 Å². The standard InChI is InChI=1S/C20H27FN2O2/c1-15-19(24)23(18-5-6-18)14-20(25-15)8-11-22(12-9-20)10-7-16-3-2-4-17(21)13-16/h2-4,13,15,18H,5-12,14H2,1H3. The van der Waals surface area contributed by atoms with Gasteiger partial charge in [-0.2, -0.15) is 0 Å². The number of hydrogen-bond donors (Lipinski definition) is 0. The van der Waals surface area contributed by atoms with E-state index in [4.69, 9.17) is 4.74 Å². The molecule has 0 bridgehead atoms. The molecule has 4 nitrogen and oxygen atoms in total. The number of nitrogens with zero attached hydrogens (tertiary/aromatic N) is 2. The Labute approximate surface area is 148 Å².